The van der Waals surface area contributed by atoms with Gasteiger partial charge in [0.1, 0.15) is 0 Å². The zero-order valence-corrected chi connectivity index (χ0v) is 11.7. The van der Waals surface area contributed by atoms with E-state index in [2.05, 4.69) is 15.5 Å². The predicted octanol–water partition coefficient (Wildman–Crippen LogP) is 1.57. The fourth-order valence-electron chi connectivity index (χ4n) is 2.44. The fourth-order valence-corrected chi connectivity index (χ4v) is 2.44. The van der Waals surface area contributed by atoms with Crippen LogP contribution in [0.2, 0.25) is 0 Å². The first-order chi connectivity index (χ1) is 10.1. The second kappa shape index (κ2) is 5.40. The minimum Gasteiger partial charge on any atom is -0.338 e. The molecule has 2 amide bonds. The summed E-state index contributed by atoms with van der Waals surface area (Å²) in [4.78, 5) is 25.4. The third-order valence-electron chi connectivity index (χ3n) is 3.65. The van der Waals surface area contributed by atoms with Gasteiger partial charge in [0.2, 0.25) is 5.91 Å². The van der Waals surface area contributed by atoms with Crippen molar-refractivity contribution in [3.05, 3.63) is 47.2 Å². The van der Waals surface area contributed by atoms with Crippen molar-refractivity contribution in [2.75, 3.05) is 11.9 Å². The van der Waals surface area contributed by atoms with Gasteiger partial charge < -0.3 is 10.2 Å². The molecule has 2 heterocycles. The SMILES string of the molecule is CC(=O)N1CCc2[nH]nc(NC(=O)c3ccccc3)c2C1. The Morgan fingerprint density at radius 3 is 2.76 bits per heavy atom. The Morgan fingerprint density at radius 1 is 1.29 bits per heavy atom. The molecule has 3 rings (SSSR count). The Kier molecular flexibility index (Phi) is 3.43. The number of fused-ring (bicyclic) bond motifs is 1. The summed E-state index contributed by atoms with van der Waals surface area (Å²) in [6, 6.07) is 8.98. The van der Waals surface area contributed by atoms with Gasteiger partial charge in [-0.25, -0.2) is 0 Å². The number of aromatic amines is 1. The van der Waals surface area contributed by atoms with Crippen LogP contribution < -0.4 is 5.32 Å². The quantitative estimate of drug-likeness (QED) is 0.878. The van der Waals surface area contributed by atoms with E-state index in [9.17, 15) is 9.59 Å². The Morgan fingerprint density at radius 2 is 2.05 bits per heavy atom. The molecule has 6 nitrogen and oxygen atoms in total. The molecule has 21 heavy (non-hydrogen) atoms. The third kappa shape index (κ3) is 2.65. The molecule has 1 aliphatic heterocycles. The maximum Gasteiger partial charge on any atom is 0.256 e. The van der Waals surface area contributed by atoms with Crippen molar-refractivity contribution in [3.63, 3.8) is 0 Å². The van der Waals surface area contributed by atoms with E-state index in [-0.39, 0.29) is 11.8 Å². The van der Waals surface area contributed by atoms with Gasteiger partial charge in [-0.3, -0.25) is 14.7 Å². The highest BCUT2D eigenvalue weighted by atomic mass is 16.2. The van der Waals surface area contributed by atoms with Crippen LogP contribution in [0.1, 0.15) is 28.5 Å². The van der Waals surface area contributed by atoms with Crippen LogP contribution in [-0.4, -0.2) is 33.5 Å². The summed E-state index contributed by atoms with van der Waals surface area (Å²) in [7, 11) is 0. The van der Waals surface area contributed by atoms with Gasteiger partial charge in [0.05, 0.1) is 6.54 Å². The first kappa shape index (κ1) is 13.4. The third-order valence-corrected chi connectivity index (χ3v) is 3.65. The van der Waals surface area contributed by atoms with Crippen molar-refractivity contribution in [1.82, 2.24) is 15.1 Å². The number of anilines is 1. The lowest BCUT2D eigenvalue weighted by Crippen LogP contribution is -2.34. The number of nitrogens with zero attached hydrogens (tertiary/aromatic N) is 2. The Bertz CT molecular complexity index is 678. The molecule has 1 aromatic heterocycles. The van der Waals surface area contributed by atoms with Gasteiger partial charge in [-0.15, -0.1) is 0 Å². The molecular weight excluding hydrogens is 268 g/mol. The highest BCUT2D eigenvalue weighted by molar-refractivity contribution is 6.04. The summed E-state index contributed by atoms with van der Waals surface area (Å²) in [5, 5.41) is 9.91. The zero-order valence-electron chi connectivity index (χ0n) is 11.7. The predicted molar refractivity (Wildman–Crippen MR) is 77.8 cm³/mol. The number of rotatable bonds is 2. The first-order valence-corrected chi connectivity index (χ1v) is 6.83. The summed E-state index contributed by atoms with van der Waals surface area (Å²) >= 11 is 0. The van der Waals surface area contributed by atoms with Crippen LogP contribution in [0, 0.1) is 0 Å². The standard InChI is InChI=1S/C15H16N4O2/c1-10(20)19-8-7-13-12(9-19)14(18-17-13)16-15(21)11-5-3-2-4-6-11/h2-6H,7-9H2,1H3,(H2,16,17,18,21). The molecule has 108 valence electrons. The molecule has 0 atom stereocenters. The molecule has 2 aromatic rings. The van der Waals surface area contributed by atoms with Crippen LogP contribution in [0.4, 0.5) is 5.82 Å². The molecule has 0 saturated heterocycles. The number of hydrogen-bond donors (Lipinski definition) is 2. The highest BCUT2D eigenvalue weighted by Crippen LogP contribution is 2.24. The van der Waals surface area contributed by atoms with Crippen molar-refractivity contribution < 1.29 is 9.59 Å². The van der Waals surface area contributed by atoms with Crippen LogP contribution >= 0.6 is 0 Å². The zero-order chi connectivity index (χ0) is 14.8. The smallest absolute Gasteiger partial charge is 0.256 e. The second-order valence-corrected chi connectivity index (χ2v) is 5.04. The maximum absolute atomic E-state index is 12.2. The number of benzene rings is 1. The van der Waals surface area contributed by atoms with E-state index >= 15 is 0 Å². The number of carbonyl (C=O) groups is 2. The molecule has 0 bridgehead atoms. The second-order valence-electron chi connectivity index (χ2n) is 5.04. The van der Waals surface area contributed by atoms with E-state index < -0.39 is 0 Å². The molecule has 0 fully saturated rings. The molecule has 1 aliphatic rings. The van der Waals surface area contributed by atoms with E-state index in [4.69, 9.17) is 0 Å². The summed E-state index contributed by atoms with van der Waals surface area (Å²) < 4.78 is 0. The topological polar surface area (TPSA) is 78.1 Å². The van der Waals surface area contributed by atoms with Gasteiger partial charge in [0.15, 0.2) is 5.82 Å². The Hall–Kier alpha value is -2.63. The monoisotopic (exact) mass is 284 g/mol. The molecular formula is C15H16N4O2. The first-order valence-electron chi connectivity index (χ1n) is 6.83. The lowest BCUT2D eigenvalue weighted by molar-refractivity contribution is -0.129. The summed E-state index contributed by atoms with van der Waals surface area (Å²) in [6.07, 6.45) is 0.725. The van der Waals surface area contributed by atoms with Crippen LogP contribution in [0.3, 0.4) is 0 Å². The molecule has 2 N–H and O–H groups in total. The molecule has 0 radical (unpaired) electrons. The van der Waals surface area contributed by atoms with Gasteiger partial charge in [0, 0.05) is 36.7 Å². The van der Waals surface area contributed by atoms with Crippen LogP contribution in [0.15, 0.2) is 30.3 Å². The summed E-state index contributed by atoms with van der Waals surface area (Å²) in [5.41, 5.74) is 2.45. The van der Waals surface area contributed by atoms with Crippen molar-refractivity contribution in [3.8, 4) is 0 Å². The van der Waals surface area contributed by atoms with E-state index in [1.54, 1.807) is 24.0 Å². The largest absolute Gasteiger partial charge is 0.338 e. The average Bonchev–Trinajstić information content (AvgIpc) is 2.90. The van der Waals surface area contributed by atoms with Gasteiger partial charge >= 0.3 is 0 Å². The number of hydrogen-bond acceptors (Lipinski definition) is 3. The minimum atomic E-state index is -0.204. The van der Waals surface area contributed by atoms with Crippen LogP contribution in [0.5, 0.6) is 0 Å². The Balaban J connectivity index is 1.80. The van der Waals surface area contributed by atoms with Crippen LogP contribution in [0.25, 0.3) is 0 Å². The number of aromatic nitrogens is 2. The van der Waals surface area contributed by atoms with Crippen molar-refractivity contribution in [2.24, 2.45) is 0 Å². The fraction of sp³-hybridized carbons (Fsp3) is 0.267. The van der Waals surface area contributed by atoms with Crippen LogP contribution in [-0.2, 0) is 17.8 Å². The van der Waals surface area contributed by atoms with E-state index in [0.29, 0.717) is 24.5 Å². The average molecular weight is 284 g/mol. The highest BCUT2D eigenvalue weighted by Gasteiger charge is 2.24. The molecule has 0 unspecified atom stereocenters. The molecule has 0 saturated carbocycles. The normalized spacial score (nSPS) is 13.7. The van der Waals surface area contributed by atoms with Gasteiger partial charge in [-0.05, 0) is 12.1 Å². The van der Waals surface area contributed by atoms with Gasteiger partial charge in [-0.1, -0.05) is 18.2 Å². The molecule has 0 spiro atoms. The van der Waals surface area contributed by atoms with E-state index in [1.807, 2.05) is 18.2 Å². The lowest BCUT2D eigenvalue weighted by atomic mass is 10.1. The van der Waals surface area contributed by atoms with Gasteiger partial charge in [-0.2, -0.15) is 5.10 Å². The summed E-state index contributed by atoms with van der Waals surface area (Å²) in [6.45, 7) is 2.70. The number of amides is 2. The molecule has 1 aromatic carbocycles. The van der Waals surface area contributed by atoms with Crippen molar-refractivity contribution in [1.29, 1.82) is 0 Å². The lowest BCUT2D eigenvalue weighted by Gasteiger charge is -2.25. The molecule has 0 aliphatic carbocycles. The Labute approximate surface area is 122 Å². The maximum atomic E-state index is 12.2. The number of H-pyrrole nitrogens is 1. The van der Waals surface area contributed by atoms with E-state index in [0.717, 1.165) is 17.7 Å². The van der Waals surface area contributed by atoms with Gasteiger partial charge in [0.25, 0.3) is 5.91 Å². The number of carbonyl (C=O) groups excluding carboxylic acids is 2. The number of nitrogens with one attached hydrogen (secondary N) is 2. The molecule has 6 heteroatoms. The van der Waals surface area contributed by atoms with E-state index in [1.165, 1.54) is 0 Å². The summed E-state index contributed by atoms with van der Waals surface area (Å²) in [5.74, 6) is 0.330. The minimum absolute atomic E-state index is 0.0298. The van der Waals surface area contributed by atoms with Crippen molar-refractivity contribution in [2.45, 2.75) is 19.9 Å². The van der Waals surface area contributed by atoms with Crippen molar-refractivity contribution >= 4 is 17.6 Å².